The third kappa shape index (κ3) is 6.84. The minimum absolute atomic E-state index is 0.0270. The molecule has 2 aliphatic carbocycles. The number of hydrogen-bond donors (Lipinski definition) is 0. The monoisotopic (exact) mass is 947 g/mol. The quantitative estimate of drug-likeness (QED) is 0.127. The second kappa shape index (κ2) is 15.9. The zero-order chi connectivity index (χ0) is 44.0. The van der Waals surface area contributed by atoms with Gasteiger partial charge in [-0.25, -0.2) is 0 Å². The summed E-state index contributed by atoms with van der Waals surface area (Å²) in [6, 6.07) is 48.3. The Labute approximate surface area is 383 Å². The van der Waals surface area contributed by atoms with Crippen molar-refractivity contribution in [1.29, 1.82) is 0 Å². The fourth-order valence-electron chi connectivity index (χ4n) is 11.7. The summed E-state index contributed by atoms with van der Waals surface area (Å²) in [7, 11) is 18.2. The fourth-order valence-corrected chi connectivity index (χ4v) is 39.7. The second-order valence-electron chi connectivity index (χ2n) is 20.8. The summed E-state index contributed by atoms with van der Waals surface area (Å²) < 4.78 is 1.06. The van der Waals surface area contributed by atoms with Gasteiger partial charge in [-0.2, -0.15) is 0 Å². The molecule has 6 aromatic rings. The SMILES string of the molecule is CCC(C)C1=Cc2c(-c3ccccc3C(C)(C)C)cccc2[CH]1[Zr]([Cl])([Cl])([c]1cccc2c1[SiH2]c1ccccc1-2)[CH]1C(C(C)CC)=Cc2c(-c3ccccc3C(C)(C)C)cccc21. The molecule has 0 saturated carbocycles. The van der Waals surface area contributed by atoms with Crippen LogP contribution in [0.4, 0.5) is 0 Å². The molecule has 4 atom stereocenters. The van der Waals surface area contributed by atoms with Crippen LogP contribution in [-0.4, -0.2) is 9.52 Å². The molecule has 6 aromatic carbocycles. The van der Waals surface area contributed by atoms with Gasteiger partial charge in [0.1, 0.15) is 0 Å². The van der Waals surface area contributed by atoms with Crippen molar-refractivity contribution in [3.8, 4) is 33.4 Å². The van der Waals surface area contributed by atoms with Crippen LogP contribution >= 0.6 is 17.0 Å². The van der Waals surface area contributed by atoms with Gasteiger partial charge in [-0.1, -0.05) is 0 Å². The van der Waals surface area contributed by atoms with Gasteiger partial charge in [0, 0.05) is 0 Å². The number of benzene rings is 6. The Kier molecular flexibility index (Phi) is 11.2. The van der Waals surface area contributed by atoms with E-state index < -0.39 is 25.9 Å². The number of hydrogen-bond acceptors (Lipinski definition) is 0. The van der Waals surface area contributed by atoms with Gasteiger partial charge in [0.15, 0.2) is 0 Å². The summed E-state index contributed by atoms with van der Waals surface area (Å²) in [4.78, 5) is 0. The summed E-state index contributed by atoms with van der Waals surface area (Å²) in [5.41, 5.74) is 18.6. The molecule has 0 radical (unpaired) electrons. The molecule has 1 aliphatic heterocycles. The van der Waals surface area contributed by atoms with Crippen LogP contribution in [0.2, 0.25) is 0 Å². The third-order valence-corrected chi connectivity index (χ3v) is 37.6. The number of allylic oxidation sites excluding steroid dienone is 2. The first-order chi connectivity index (χ1) is 29.5. The standard InChI is InChI=1S/2C23H27.C12H9Si.2ClH.Zr/c2*1-6-16(2)18-14-17-10-9-12-19(21(17)15-18)20-11-7-8-13-22(20)23(3,4)5;1-3-7-11-9(5-1)10-6-2-4-8-12(10)13-11;;;/h2*7-16H,6H2,1-5H3;1-7H,13H2;2*1H;/q;;;;;+2/p-2. The first-order valence-corrected chi connectivity index (χ1v) is 35.0. The minimum atomic E-state index is -5.75. The van der Waals surface area contributed by atoms with Gasteiger partial charge in [-0.05, 0) is 0 Å². The number of rotatable bonds is 9. The maximum absolute atomic E-state index is 9.53. The van der Waals surface area contributed by atoms with E-state index in [-0.39, 0.29) is 29.9 Å². The topological polar surface area (TPSA) is 0 Å². The average molecular weight is 950 g/mol. The Morgan fingerprint density at radius 3 is 1.37 bits per heavy atom. The first-order valence-electron chi connectivity index (χ1n) is 23.1. The van der Waals surface area contributed by atoms with E-state index in [9.17, 15) is 17.0 Å². The average Bonchev–Trinajstić information content (AvgIpc) is 3.98. The second-order valence-corrected chi connectivity index (χ2v) is 43.2. The van der Waals surface area contributed by atoms with Gasteiger partial charge < -0.3 is 0 Å². The van der Waals surface area contributed by atoms with Crippen LogP contribution in [0.25, 0.3) is 45.5 Å². The van der Waals surface area contributed by atoms with Crippen LogP contribution in [0, 0.1) is 11.8 Å². The summed E-state index contributed by atoms with van der Waals surface area (Å²) in [6.45, 7) is 23.5. The third-order valence-electron chi connectivity index (χ3n) is 15.0. The van der Waals surface area contributed by atoms with Crippen LogP contribution in [0.3, 0.4) is 0 Å². The molecule has 1 heterocycles. The molecular weight excluding hydrogens is 887 g/mol. The van der Waals surface area contributed by atoms with Crippen LogP contribution in [-0.2, 0) is 27.2 Å². The van der Waals surface area contributed by atoms with Crippen molar-refractivity contribution < 1.29 is 16.4 Å². The van der Waals surface area contributed by atoms with E-state index in [4.69, 9.17) is 0 Å². The van der Waals surface area contributed by atoms with Gasteiger partial charge in [0.2, 0.25) is 0 Å². The van der Waals surface area contributed by atoms with Gasteiger partial charge in [-0.15, -0.1) is 0 Å². The predicted octanol–water partition coefficient (Wildman–Crippen LogP) is 14.7. The Hall–Kier alpha value is -3.52. The molecule has 9 rings (SSSR count). The summed E-state index contributed by atoms with van der Waals surface area (Å²) >= 11 is -5.75. The van der Waals surface area contributed by atoms with E-state index in [1.807, 2.05) is 0 Å². The van der Waals surface area contributed by atoms with Crippen molar-refractivity contribution >= 4 is 52.3 Å². The predicted molar refractivity (Wildman–Crippen MR) is 273 cm³/mol. The summed E-state index contributed by atoms with van der Waals surface area (Å²) in [5.74, 6) is 0.577. The van der Waals surface area contributed by atoms with Crippen molar-refractivity contribution in [2.75, 3.05) is 0 Å². The summed E-state index contributed by atoms with van der Waals surface area (Å²) in [6.07, 6.45) is 7.16. The molecule has 3 aliphatic rings. The van der Waals surface area contributed by atoms with E-state index in [0.29, 0.717) is 0 Å². The zero-order valence-electron chi connectivity index (χ0n) is 38.5. The maximum atomic E-state index is 9.53. The Balaban J connectivity index is 1.40. The van der Waals surface area contributed by atoms with E-state index in [2.05, 4.69) is 209 Å². The zero-order valence-corrected chi connectivity index (χ0v) is 43.8. The number of fused-ring (bicyclic) bond motifs is 5. The van der Waals surface area contributed by atoms with Gasteiger partial charge in [0.25, 0.3) is 0 Å². The van der Waals surface area contributed by atoms with Gasteiger partial charge in [0.05, 0.1) is 0 Å². The first kappa shape index (κ1) is 43.7. The molecular formula is C58H63Cl2SiZr. The molecule has 0 amide bonds. The van der Waals surface area contributed by atoms with Crippen molar-refractivity contribution in [2.45, 2.75) is 100 Å². The molecule has 0 nitrogen and oxygen atoms in total. The van der Waals surface area contributed by atoms with E-state index in [0.717, 1.165) is 12.8 Å². The van der Waals surface area contributed by atoms with Crippen LogP contribution in [0.15, 0.2) is 139 Å². The fraction of sp³-hybridized carbons (Fsp3) is 0.310. The molecule has 62 heavy (non-hydrogen) atoms. The van der Waals surface area contributed by atoms with E-state index in [1.165, 1.54) is 91.6 Å². The summed E-state index contributed by atoms with van der Waals surface area (Å²) in [5, 5.41) is 2.97. The normalized spacial score (nSPS) is 18.9. The molecule has 317 valence electrons. The van der Waals surface area contributed by atoms with Crippen molar-refractivity contribution in [1.82, 2.24) is 0 Å². The molecule has 4 heteroatoms. The van der Waals surface area contributed by atoms with E-state index in [1.54, 1.807) is 0 Å². The Morgan fingerprint density at radius 2 is 0.903 bits per heavy atom. The Bertz CT molecular complexity index is 2670. The molecule has 0 aromatic heterocycles. The van der Waals surface area contributed by atoms with Crippen LogP contribution in [0.1, 0.15) is 123 Å². The molecule has 0 spiro atoms. The van der Waals surface area contributed by atoms with Crippen molar-refractivity contribution in [3.05, 3.63) is 172 Å². The Morgan fingerprint density at radius 1 is 0.500 bits per heavy atom. The van der Waals surface area contributed by atoms with E-state index >= 15 is 0 Å². The van der Waals surface area contributed by atoms with Crippen LogP contribution < -0.4 is 13.6 Å². The van der Waals surface area contributed by atoms with Crippen molar-refractivity contribution in [3.63, 3.8) is 0 Å². The van der Waals surface area contributed by atoms with Gasteiger partial charge in [-0.3, -0.25) is 0 Å². The van der Waals surface area contributed by atoms with Crippen molar-refractivity contribution in [2.24, 2.45) is 11.8 Å². The number of halogens is 2. The van der Waals surface area contributed by atoms with Crippen LogP contribution in [0.5, 0.6) is 0 Å². The molecule has 0 fully saturated rings. The molecule has 0 N–H and O–H groups in total. The molecule has 0 bridgehead atoms. The molecule has 4 unspecified atom stereocenters. The molecule has 0 saturated heterocycles. The van der Waals surface area contributed by atoms with Gasteiger partial charge >= 0.3 is 386 Å².